The van der Waals surface area contributed by atoms with Crippen LogP contribution in [-0.4, -0.2) is 25.2 Å². The molecule has 1 heterocycles. The number of hydrogen-bond acceptors (Lipinski definition) is 4. The molecule has 0 fully saturated rings. The van der Waals surface area contributed by atoms with E-state index in [4.69, 9.17) is 9.47 Å². The number of carbonyl (C=O) groups is 1. The molecule has 0 aliphatic carbocycles. The molecule has 0 aliphatic heterocycles. The lowest BCUT2D eigenvalue weighted by Gasteiger charge is -2.09. The number of benzene rings is 1. The first-order chi connectivity index (χ1) is 9.17. The molecule has 0 spiro atoms. The molecule has 0 bridgehead atoms. The number of aryl methyl sites for hydroxylation is 1. The maximum absolute atomic E-state index is 11.5. The van der Waals surface area contributed by atoms with E-state index in [2.05, 4.69) is 4.98 Å². The zero-order valence-corrected chi connectivity index (χ0v) is 11.1. The van der Waals surface area contributed by atoms with Crippen molar-refractivity contribution in [2.75, 3.05) is 14.2 Å². The summed E-state index contributed by atoms with van der Waals surface area (Å²) in [5, 5.41) is 0. The SMILES string of the molecule is COC(=O)c1ccc(-c2ccccc2OC)nc1C. The Labute approximate surface area is 112 Å². The van der Waals surface area contributed by atoms with Crippen molar-refractivity contribution in [3.8, 4) is 17.0 Å². The maximum atomic E-state index is 11.5. The van der Waals surface area contributed by atoms with Gasteiger partial charge in [0.15, 0.2) is 0 Å². The van der Waals surface area contributed by atoms with Gasteiger partial charge in [0.2, 0.25) is 0 Å². The van der Waals surface area contributed by atoms with Crippen molar-refractivity contribution in [1.29, 1.82) is 0 Å². The second-order valence-corrected chi connectivity index (χ2v) is 4.02. The lowest BCUT2D eigenvalue weighted by Crippen LogP contribution is -2.05. The number of para-hydroxylation sites is 1. The molecule has 0 unspecified atom stereocenters. The van der Waals surface area contributed by atoms with Gasteiger partial charge in [0, 0.05) is 5.56 Å². The molecule has 1 aromatic heterocycles. The molecule has 0 saturated heterocycles. The van der Waals surface area contributed by atoms with Crippen LogP contribution in [0.15, 0.2) is 36.4 Å². The van der Waals surface area contributed by atoms with Crippen molar-refractivity contribution in [2.24, 2.45) is 0 Å². The highest BCUT2D eigenvalue weighted by Gasteiger charge is 2.13. The summed E-state index contributed by atoms with van der Waals surface area (Å²) in [5.41, 5.74) is 2.77. The number of pyridine rings is 1. The topological polar surface area (TPSA) is 48.4 Å². The molecular weight excluding hydrogens is 242 g/mol. The van der Waals surface area contributed by atoms with Crippen LogP contribution in [0.25, 0.3) is 11.3 Å². The van der Waals surface area contributed by atoms with Gasteiger partial charge in [0.05, 0.1) is 31.2 Å². The summed E-state index contributed by atoms with van der Waals surface area (Å²) in [4.78, 5) is 16.0. The molecule has 2 aromatic rings. The Balaban J connectivity index is 2.47. The van der Waals surface area contributed by atoms with Crippen LogP contribution < -0.4 is 4.74 Å². The van der Waals surface area contributed by atoms with Gasteiger partial charge in [-0.05, 0) is 31.2 Å². The van der Waals surface area contributed by atoms with Gasteiger partial charge in [0.25, 0.3) is 0 Å². The van der Waals surface area contributed by atoms with Crippen LogP contribution in [-0.2, 0) is 4.74 Å². The van der Waals surface area contributed by atoms with Crippen molar-refractivity contribution in [2.45, 2.75) is 6.92 Å². The first-order valence-electron chi connectivity index (χ1n) is 5.86. The van der Waals surface area contributed by atoms with Gasteiger partial charge >= 0.3 is 5.97 Å². The molecule has 0 atom stereocenters. The second kappa shape index (κ2) is 5.52. The minimum absolute atomic E-state index is 0.378. The molecule has 0 N–H and O–H groups in total. The van der Waals surface area contributed by atoms with E-state index in [1.807, 2.05) is 24.3 Å². The Bertz CT molecular complexity index is 608. The first-order valence-corrected chi connectivity index (χ1v) is 5.86. The zero-order chi connectivity index (χ0) is 13.8. The van der Waals surface area contributed by atoms with Gasteiger partial charge in [0.1, 0.15) is 5.75 Å². The second-order valence-electron chi connectivity index (χ2n) is 4.02. The van der Waals surface area contributed by atoms with E-state index < -0.39 is 0 Å². The van der Waals surface area contributed by atoms with Crippen molar-refractivity contribution in [3.05, 3.63) is 47.7 Å². The molecule has 0 aliphatic rings. The van der Waals surface area contributed by atoms with Crippen molar-refractivity contribution >= 4 is 5.97 Å². The van der Waals surface area contributed by atoms with Crippen LogP contribution in [0.5, 0.6) is 5.75 Å². The first kappa shape index (κ1) is 13.1. The standard InChI is InChI=1S/C15H15NO3/c1-10-11(15(17)19-3)8-9-13(16-10)12-6-4-5-7-14(12)18-2/h4-9H,1-3H3. The third kappa shape index (κ3) is 2.57. The monoisotopic (exact) mass is 257 g/mol. The van der Waals surface area contributed by atoms with Gasteiger partial charge in [-0.1, -0.05) is 12.1 Å². The fourth-order valence-electron chi connectivity index (χ4n) is 1.89. The summed E-state index contributed by atoms with van der Waals surface area (Å²) in [7, 11) is 2.98. The van der Waals surface area contributed by atoms with Gasteiger partial charge in [-0.3, -0.25) is 4.98 Å². The molecule has 4 heteroatoms. The average molecular weight is 257 g/mol. The van der Waals surface area contributed by atoms with Crippen LogP contribution in [0.3, 0.4) is 0 Å². The van der Waals surface area contributed by atoms with Crippen LogP contribution in [0, 0.1) is 6.92 Å². The van der Waals surface area contributed by atoms with Gasteiger partial charge in [-0.15, -0.1) is 0 Å². The Morgan fingerprint density at radius 3 is 2.47 bits per heavy atom. The normalized spacial score (nSPS) is 10.1. The summed E-state index contributed by atoms with van der Waals surface area (Å²) >= 11 is 0. The van der Waals surface area contributed by atoms with Crippen molar-refractivity contribution in [3.63, 3.8) is 0 Å². The third-order valence-electron chi connectivity index (χ3n) is 2.87. The molecule has 0 radical (unpaired) electrons. The zero-order valence-electron chi connectivity index (χ0n) is 11.1. The van der Waals surface area contributed by atoms with Crippen molar-refractivity contribution < 1.29 is 14.3 Å². The summed E-state index contributed by atoms with van der Waals surface area (Å²) in [5.74, 6) is 0.372. The minimum Gasteiger partial charge on any atom is -0.496 e. The highest BCUT2D eigenvalue weighted by Crippen LogP contribution is 2.28. The average Bonchev–Trinajstić information content (AvgIpc) is 2.46. The molecular formula is C15H15NO3. The van der Waals surface area contributed by atoms with Gasteiger partial charge < -0.3 is 9.47 Å². The number of nitrogens with zero attached hydrogens (tertiary/aromatic N) is 1. The predicted molar refractivity (Wildman–Crippen MR) is 72.3 cm³/mol. The van der Waals surface area contributed by atoms with Crippen LogP contribution in [0.1, 0.15) is 16.1 Å². The Morgan fingerprint density at radius 2 is 1.84 bits per heavy atom. The predicted octanol–water partition coefficient (Wildman–Crippen LogP) is 2.85. The number of rotatable bonds is 3. The number of aromatic nitrogens is 1. The summed E-state index contributed by atoms with van der Waals surface area (Å²) < 4.78 is 10.0. The number of esters is 1. The van der Waals surface area contributed by atoms with Crippen LogP contribution in [0.2, 0.25) is 0 Å². The molecule has 0 amide bonds. The molecule has 4 nitrogen and oxygen atoms in total. The minimum atomic E-state index is -0.378. The number of hydrogen-bond donors (Lipinski definition) is 0. The molecule has 98 valence electrons. The lowest BCUT2D eigenvalue weighted by atomic mass is 10.1. The summed E-state index contributed by atoms with van der Waals surface area (Å²) in [6, 6.07) is 11.1. The van der Waals surface area contributed by atoms with Crippen LogP contribution in [0.4, 0.5) is 0 Å². The van der Waals surface area contributed by atoms with E-state index in [1.54, 1.807) is 26.2 Å². The van der Waals surface area contributed by atoms with E-state index in [-0.39, 0.29) is 5.97 Å². The van der Waals surface area contributed by atoms with E-state index in [1.165, 1.54) is 7.11 Å². The van der Waals surface area contributed by atoms with Gasteiger partial charge in [-0.2, -0.15) is 0 Å². The van der Waals surface area contributed by atoms with Gasteiger partial charge in [-0.25, -0.2) is 4.79 Å². The number of ether oxygens (including phenoxy) is 2. The Hall–Kier alpha value is -2.36. The van der Waals surface area contributed by atoms with E-state index in [0.717, 1.165) is 17.0 Å². The molecule has 2 rings (SSSR count). The fraction of sp³-hybridized carbons (Fsp3) is 0.200. The maximum Gasteiger partial charge on any atom is 0.339 e. The highest BCUT2D eigenvalue weighted by atomic mass is 16.5. The Kier molecular flexibility index (Phi) is 3.80. The smallest absolute Gasteiger partial charge is 0.339 e. The highest BCUT2D eigenvalue weighted by molar-refractivity contribution is 5.90. The molecule has 1 aromatic carbocycles. The lowest BCUT2D eigenvalue weighted by molar-refractivity contribution is 0.0599. The largest absolute Gasteiger partial charge is 0.496 e. The van der Waals surface area contributed by atoms with E-state index in [0.29, 0.717) is 11.3 Å². The van der Waals surface area contributed by atoms with E-state index >= 15 is 0 Å². The number of methoxy groups -OCH3 is 2. The summed E-state index contributed by atoms with van der Waals surface area (Å²) in [6.45, 7) is 1.78. The molecule has 0 saturated carbocycles. The number of carbonyl (C=O) groups excluding carboxylic acids is 1. The Morgan fingerprint density at radius 1 is 1.11 bits per heavy atom. The third-order valence-corrected chi connectivity index (χ3v) is 2.87. The summed E-state index contributed by atoms with van der Waals surface area (Å²) in [6.07, 6.45) is 0. The van der Waals surface area contributed by atoms with E-state index in [9.17, 15) is 4.79 Å². The fourth-order valence-corrected chi connectivity index (χ4v) is 1.89. The van der Waals surface area contributed by atoms with Crippen molar-refractivity contribution in [1.82, 2.24) is 4.98 Å². The quantitative estimate of drug-likeness (QED) is 0.793. The van der Waals surface area contributed by atoms with Crippen LogP contribution >= 0.6 is 0 Å². The molecule has 19 heavy (non-hydrogen) atoms.